The van der Waals surface area contributed by atoms with Gasteiger partial charge < -0.3 is 5.32 Å². The van der Waals surface area contributed by atoms with Crippen molar-refractivity contribution in [2.75, 3.05) is 5.32 Å². The lowest BCUT2D eigenvalue weighted by molar-refractivity contribution is -0.119. The van der Waals surface area contributed by atoms with E-state index < -0.39 is 0 Å². The van der Waals surface area contributed by atoms with Gasteiger partial charge in [0.15, 0.2) is 5.13 Å². The van der Waals surface area contributed by atoms with Crippen LogP contribution in [0.5, 0.6) is 0 Å². The minimum Gasteiger partial charge on any atom is -0.351 e. The van der Waals surface area contributed by atoms with E-state index in [4.69, 9.17) is 11.6 Å². The molecule has 0 bridgehead atoms. The van der Waals surface area contributed by atoms with E-state index >= 15 is 0 Å². The van der Waals surface area contributed by atoms with Crippen LogP contribution in [-0.2, 0) is 11.3 Å². The Labute approximate surface area is 157 Å². The zero-order chi connectivity index (χ0) is 17.8. The predicted octanol–water partition coefficient (Wildman–Crippen LogP) is 4.41. The summed E-state index contributed by atoms with van der Waals surface area (Å²) in [5.74, 6) is -0.286. The van der Waals surface area contributed by atoms with Crippen molar-refractivity contribution >= 4 is 51.2 Å². The van der Waals surface area contributed by atoms with E-state index in [1.165, 1.54) is 18.3 Å². The fraction of sp³-hybridized carbons (Fsp3) is 0.118. The Kier molecular flexibility index (Phi) is 5.47. The van der Waals surface area contributed by atoms with E-state index in [0.29, 0.717) is 22.3 Å². The van der Waals surface area contributed by atoms with Gasteiger partial charge in [0.05, 0.1) is 17.1 Å². The van der Waals surface area contributed by atoms with E-state index in [9.17, 15) is 9.59 Å². The minimum atomic E-state index is -0.227. The first-order valence-electron chi connectivity index (χ1n) is 7.37. The van der Waals surface area contributed by atoms with Crippen LogP contribution in [0.25, 0.3) is 10.6 Å². The fourth-order valence-electron chi connectivity index (χ4n) is 2.04. The Morgan fingerprint density at radius 2 is 1.92 bits per heavy atom. The number of amides is 2. The van der Waals surface area contributed by atoms with Crippen molar-refractivity contribution in [3.8, 4) is 10.6 Å². The van der Waals surface area contributed by atoms with Crippen LogP contribution in [0.3, 0.4) is 0 Å². The van der Waals surface area contributed by atoms with E-state index in [2.05, 4.69) is 15.6 Å². The maximum Gasteiger partial charge on any atom is 0.257 e. The second-order valence-electron chi connectivity index (χ2n) is 5.17. The van der Waals surface area contributed by atoms with Gasteiger partial charge in [0.25, 0.3) is 5.91 Å². The fourth-order valence-corrected chi connectivity index (χ4v) is 3.85. The molecule has 2 N–H and O–H groups in total. The van der Waals surface area contributed by atoms with E-state index in [1.54, 1.807) is 35.6 Å². The molecule has 2 heterocycles. The van der Waals surface area contributed by atoms with Crippen molar-refractivity contribution in [1.82, 2.24) is 10.3 Å². The molecule has 0 radical (unpaired) electrons. The van der Waals surface area contributed by atoms with Gasteiger partial charge in [-0.2, -0.15) is 0 Å². The second kappa shape index (κ2) is 7.77. The molecule has 3 aromatic rings. The number of hydrogen-bond acceptors (Lipinski definition) is 5. The quantitative estimate of drug-likeness (QED) is 0.676. The average molecular weight is 392 g/mol. The van der Waals surface area contributed by atoms with E-state index in [1.807, 2.05) is 17.5 Å². The first kappa shape index (κ1) is 17.6. The van der Waals surface area contributed by atoms with Crippen LogP contribution >= 0.6 is 34.3 Å². The van der Waals surface area contributed by atoms with Gasteiger partial charge >= 0.3 is 0 Å². The molecule has 0 aliphatic carbocycles. The van der Waals surface area contributed by atoms with Gasteiger partial charge in [0.1, 0.15) is 0 Å². The van der Waals surface area contributed by atoms with Crippen LogP contribution < -0.4 is 10.6 Å². The summed E-state index contributed by atoms with van der Waals surface area (Å²) in [6.45, 7) is 1.99. The predicted molar refractivity (Wildman–Crippen MR) is 102 cm³/mol. The highest BCUT2D eigenvalue weighted by Gasteiger charge is 2.11. The number of thiophene rings is 1. The molecule has 3 rings (SSSR count). The highest BCUT2D eigenvalue weighted by Crippen LogP contribution is 2.31. The van der Waals surface area contributed by atoms with Gasteiger partial charge in [-0.05, 0) is 36.4 Å². The van der Waals surface area contributed by atoms with Crippen LogP contribution in [0.2, 0.25) is 5.02 Å². The maximum atomic E-state index is 12.2. The van der Waals surface area contributed by atoms with Crippen LogP contribution in [0.4, 0.5) is 5.13 Å². The molecule has 0 atom stereocenters. The zero-order valence-corrected chi connectivity index (χ0v) is 15.6. The summed E-state index contributed by atoms with van der Waals surface area (Å²) in [4.78, 5) is 29.7. The van der Waals surface area contributed by atoms with Crippen LogP contribution in [-0.4, -0.2) is 16.8 Å². The first-order chi connectivity index (χ1) is 12.0. The zero-order valence-electron chi connectivity index (χ0n) is 13.2. The summed E-state index contributed by atoms with van der Waals surface area (Å²) in [5, 5.41) is 8.57. The molecule has 0 aliphatic rings. The summed E-state index contributed by atoms with van der Waals surface area (Å²) >= 11 is 8.75. The molecule has 2 amide bonds. The molecule has 128 valence electrons. The monoisotopic (exact) mass is 391 g/mol. The molecular weight excluding hydrogens is 378 g/mol. The SMILES string of the molecule is CC(=O)NCc1ccc(-c2csc(NC(=O)c3ccc(Cl)cc3)n2)s1. The Balaban J connectivity index is 1.67. The number of carbonyl (C=O) groups is 2. The van der Waals surface area contributed by atoms with Crippen molar-refractivity contribution in [3.05, 3.63) is 57.2 Å². The number of aromatic nitrogens is 1. The third-order valence-electron chi connectivity index (χ3n) is 3.26. The molecule has 8 heteroatoms. The number of thiazole rings is 1. The summed E-state index contributed by atoms with van der Waals surface area (Å²) < 4.78 is 0. The van der Waals surface area contributed by atoms with Gasteiger partial charge in [-0.3, -0.25) is 14.9 Å². The molecule has 2 aromatic heterocycles. The molecule has 0 aliphatic heterocycles. The third-order valence-corrected chi connectivity index (χ3v) is 5.37. The Morgan fingerprint density at radius 3 is 2.64 bits per heavy atom. The number of rotatable bonds is 5. The normalized spacial score (nSPS) is 10.5. The molecule has 0 saturated carbocycles. The Bertz CT molecular complexity index is 903. The van der Waals surface area contributed by atoms with Gasteiger partial charge in [0, 0.05) is 27.8 Å². The maximum absolute atomic E-state index is 12.2. The first-order valence-corrected chi connectivity index (χ1v) is 9.44. The highest BCUT2D eigenvalue weighted by atomic mass is 35.5. The van der Waals surface area contributed by atoms with Crippen LogP contribution in [0, 0.1) is 0 Å². The standard InChI is InChI=1S/C17H14ClN3O2S2/c1-10(22)19-8-13-6-7-15(25-13)14-9-24-17(20-14)21-16(23)11-2-4-12(18)5-3-11/h2-7,9H,8H2,1H3,(H,19,22)(H,20,21,23). The molecule has 0 spiro atoms. The van der Waals surface area contributed by atoms with Gasteiger partial charge in [0.2, 0.25) is 5.91 Å². The largest absolute Gasteiger partial charge is 0.351 e. The second-order valence-corrected chi connectivity index (χ2v) is 7.64. The summed E-state index contributed by atoms with van der Waals surface area (Å²) in [5.41, 5.74) is 1.32. The highest BCUT2D eigenvalue weighted by molar-refractivity contribution is 7.17. The van der Waals surface area contributed by atoms with Crippen molar-refractivity contribution in [2.45, 2.75) is 13.5 Å². The minimum absolute atomic E-state index is 0.0594. The summed E-state index contributed by atoms with van der Waals surface area (Å²) in [7, 11) is 0. The molecule has 25 heavy (non-hydrogen) atoms. The lowest BCUT2D eigenvalue weighted by Gasteiger charge is -2.01. The van der Waals surface area contributed by atoms with Crippen molar-refractivity contribution in [3.63, 3.8) is 0 Å². The number of carbonyl (C=O) groups excluding carboxylic acids is 2. The summed E-state index contributed by atoms with van der Waals surface area (Å²) in [6.07, 6.45) is 0. The van der Waals surface area contributed by atoms with Gasteiger partial charge in [-0.15, -0.1) is 22.7 Å². The smallest absolute Gasteiger partial charge is 0.257 e. The molecule has 1 aromatic carbocycles. The lowest BCUT2D eigenvalue weighted by Crippen LogP contribution is -2.17. The lowest BCUT2D eigenvalue weighted by atomic mass is 10.2. The average Bonchev–Trinajstić information content (AvgIpc) is 3.22. The molecule has 0 saturated heterocycles. The molecule has 0 fully saturated rings. The Morgan fingerprint density at radius 1 is 1.16 bits per heavy atom. The van der Waals surface area contributed by atoms with Crippen LogP contribution in [0.1, 0.15) is 22.2 Å². The number of hydrogen-bond donors (Lipinski definition) is 2. The van der Waals surface area contributed by atoms with Crippen molar-refractivity contribution in [1.29, 1.82) is 0 Å². The number of anilines is 1. The van der Waals surface area contributed by atoms with E-state index in [0.717, 1.165) is 15.4 Å². The number of nitrogens with one attached hydrogen (secondary N) is 2. The number of benzene rings is 1. The van der Waals surface area contributed by atoms with Crippen molar-refractivity contribution < 1.29 is 9.59 Å². The molecular formula is C17H14ClN3O2S2. The van der Waals surface area contributed by atoms with Crippen molar-refractivity contribution in [2.24, 2.45) is 0 Å². The van der Waals surface area contributed by atoms with Gasteiger partial charge in [-0.25, -0.2) is 4.98 Å². The van der Waals surface area contributed by atoms with Gasteiger partial charge in [-0.1, -0.05) is 11.6 Å². The topological polar surface area (TPSA) is 71.1 Å². The molecule has 5 nitrogen and oxygen atoms in total. The third kappa shape index (κ3) is 4.66. The summed E-state index contributed by atoms with van der Waals surface area (Å²) in [6, 6.07) is 10.6. The van der Waals surface area contributed by atoms with Crippen LogP contribution in [0.15, 0.2) is 41.8 Å². The number of nitrogens with zero attached hydrogens (tertiary/aromatic N) is 1. The Hall–Kier alpha value is -2.22. The molecule has 0 unspecified atom stereocenters. The number of halogens is 1. The van der Waals surface area contributed by atoms with E-state index in [-0.39, 0.29) is 11.8 Å².